The molecule has 0 atom stereocenters. The molecule has 0 aliphatic heterocycles. The lowest BCUT2D eigenvalue weighted by Gasteiger charge is -2.06. The Bertz CT molecular complexity index is 1170. The Morgan fingerprint density at radius 2 is 1.84 bits per heavy atom. The molecule has 0 saturated carbocycles. The number of hydrogen-bond donors (Lipinski definition) is 2. The predicted molar refractivity (Wildman–Crippen MR) is 116 cm³/mol. The van der Waals surface area contributed by atoms with Crippen LogP contribution >= 0.6 is 15.9 Å². The van der Waals surface area contributed by atoms with Crippen LogP contribution in [0, 0.1) is 0 Å². The van der Waals surface area contributed by atoms with Crippen molar-refractivity contribution in [1.29, 1.82) is 0 Å². The van der Waals surface area contributed by atoms with Crippen molar-refractivity contribution in [3.05, 3.63) is 58.6 Å². The molecule has 0 bridgehead atoms. The van der Waals surface area contributed by atoms with Crippen molar-refractivity contribution in [2.75, 3.05) is 13.2 Å². The van der Waals surface area contributed by atoms with Gasteiger partial charge in [-0.15, -0.1) is 10.2 Å². The molecule has 2 aromatic carbocycles. The third kappa shape index (κ3) is 5.15. The van der Waals surface area contributed by atoms with Gasteiger partial charge in [-0.05, 0) is 41.1 Å². The fraction of sp³-hybridized carbons (Fsp3) is 0.190. The number of nitrogens with zero attached hydrogens (tertiary/aromatic N) is 3. The van der Waals surface area contributed by atoms with Gasteiger partial charge >= 0.3 is 5.97 Å². The Morgan fingerprint density at radius 3 is 2.58 bits per heavy atom. The van der Waals surface area contributed by atoms with Crippen LogP contribution in [-0.2, 0) is 20.9 Å². The molecular weight excluding hydrogens is 468 g/mol. The number of aromatic hydroxyl groups is 1. The van der Waals surface area contributed by atoms with Crippen LogP contribution in [0.4, 0.5) is 5.69 Å². The third-order valence-electron chi connectivity index (χ3n) is 4.29. The lowest BCUT2D eigenvalue weighted by atomic mass is 10.2. The molecule has 0 aliphatic carbocycles. The van der Waals surface area contributed by atoms with Crippen LogP contribution in [0.25, 0.3) is 10.9 Å². The van der Waals surface area contributed by atoms with E-state index in [-0.39, 0.29) is 31.3 Å². The van der Waals surface area contributed by atoms with Crippen LogP contribution in [0.2, 0.25) is 0 Å². The molecule has 3 aromatic rings. The minimum atomic E-state index is -0.706. The molecule has 31 heavy (non-hydrogen) atoms. The first kappa shape index (κ1) is 22.2. The molecule has 3 rings (SSSR count). The number of esters is 1. The molecule has 1 heterocycles. The Labute approximate surface area is 185 Å². The monoisotopic (exact) mass is 486 g/mol. The number of aromatic nitrogens is 1. The van der Waals surface area contributed by atoms with E-state index >= 15 is 0 Å². The average molecular weight is 487 g/mol. The van der Waals surface area contributed by atoms with Crippen molar-refractivity contribution in [3.8, 4) is 5.88 Å². The van der Waals surface area contributed by atoms with E-state index in [0.29, 0.717) is 20.9 Å². The van der Waals surface area contributed by atoms with Gasteiger partial charge in [0, 0.05) is 9.86 Å². The van der Waals surface area contributed by atoms with Gasteiger partial charge in [-0.25, -0.2) is 0 Å². The number of amides is 2. The second-order valence-electron chi connectivity index (χ2n) is 6.34. The number of para-hydroxylation sites is 1. The van der Waals surface area contributed by atoms with Gasteiger partial charge in [0.15, 0.2) is 5.69 Å². The fourth-order valence-electron chi connectivity index (χ4n) is 2.90. The minimum Gasteiger partial charge on any atom is -0.493 e. The van der Waals surface area contributed by atoms with Gasteiger partial charge in [0.05, 0.1) is 17.7 Å². The zero-order valence-corrected chi connectivity index (χ0v) is 18.1. The number of hydrogen-bond acceptors (Lipinski definition) is 6. The summed E-state index contributed by atoms with van der Waals surface area (Å²) in [4.78, 5) is 36.2. The van der Waals surface area contributed by atoms with Crippen LogP contribution in [0.3, 0.4) is 0 Å². The quantitative estimate of drug-likeness (QED) is 0.389. The zero-order valence-electron chi connectivity index (χ0n) is 16.5. The summed E-state index contributed by atoms with van der Waals surface area (Å²) in [5.74, 6) is -1.98. The molecule has 0 aliphatic rings. The first-order valence-electron chi connectivity index (χ1n) is 9.35. The predicted octanol–water partition coefficient (Wildman–Crippen LogP) is 3.71. The highest BCUT2D eigenvalue weighted by Gasteiger charge is 2.19. The van der Waals surface area contributed by atoms with Gasteiger partial charge in [0.1, 0.15) is 13.1 Å². The summed E-state index contributed by atoms with van der Waals surface area (Å²) in [6, 6.07) is 13.7. The smallest absolute Gasteiger partial charge is 0.326 e. The summed E-state index contributed by atoms with van der Waals surface area (Å²) in [5.41, 5.74) is 0.967. The number of fused-ring (bicyclic) bond motifs is 1. The van der Waals surface area contributed by atoms with Gasteiger partial charge < -0.3 is 15.2 Å². The number of rotatable bonds is 7. The number of halogens is 1. The summed E-state index contributed by atoms with van der Waals surface area (Å²) in [5, 5.41) is 21.0. The van der Waals surface area contributed by atoms with Crippen LogP contribution in [0.1, 0.15) is 17.3 Å². The maximum absolute atomic E-state index is 12.2. The topological polar surface area (TPSA) is 122 Å². The van der Waals surface area contributed by atoms with E-state index in [4.69, 9.17) is 4.74 Å². The van der Waals surface area contributed by atoms with E-state index in [0.717, 1.165) is 0 Å². The second-order valence-corrected chi connectivity index (χ2v) is 7.19. The molecule has 160 valence electrons. The summed E-state index contributed by atoms with van der Waals surface area (Å²) in [7, 11) is 0. The number of carbonyl (C=O) groups is 3. The maximum atomic E-state index is 12.2. The van der Waals surface area contributed by atoms with E-state index in [1.165, 1.54) is 4.57 Å². The molecule has 10 heteroatoms. The summed E-state index contributed by atoms with van der Waals surface area (Å²) in [6.45, 7) is 1.31. The lowest BCUT2D eigenvalue weighted by molar-refractivity contribution is -0.143. The van der Waals surface area contributed by atoms with Crippen molar-refractivity contribution in [3.63, 3.8) is 0 Å². The SMILES string of the molecule is CCOC(=O)Cn1c(O)c(N=NC(=O)CNC(=O)c2ccccc2Br)c2ccccc21. The first-order chi connectivity index (χ1) is 14.9. The van der Waals surface area contributed by atoms with Crippen LogP contribution in [-0.4, -0.2) is 40.6 Å². The van der Waals surface area contributed by atoms with Crippen LogP contribution in [0.15, 0.2) is 63.2 Å². The van der Waals surface area contributed by atoms with E-state index in [1.54, 1.807) is 55.5 Å². The standard InChI is InChI=1S/C21H19BrN4O5/c1-2-31-18(28)12-26-16-10-6-4-8-14(16)19(21(26)30)25-24-17(27)11-23-20(29)13-7-3-5-9-15(13)22/h3-10,30H,2,11-12H2,1H3,(H,23,29). The van der Waals surface area contributed by atoms with Crippen molar-refractivity contribution in [2.24, 2.45) is 10.2 Å². The van der Waals surface area contributed by atoms with Gasteiger partial charge in [-0.3, -0.25) is 19.0 Å². The third-order valence-corrected chi connectivity index (χ3v) is 4.98. The van der Waals surface area contributed by atoms with Crippen LogP contribution < -0.4 is 5.32 Å². The van der Waals surface area contributed by atoms with E-state index in [2.05, 4.69) is 31.5 Å². The highest BCUT2D eigenvalue weighted by atomic mass is 79.9. The molecule has 0 saturated heterocycles. The highest BCUT2D eigenvalue weighted by Crippen LogP contribution is 2.38. The molecule has 0 unspecified atom stereocenters. The zero-order chi connectivity index (χ0) is 22.4. The number of azo groups is 1. The summed E-state index contributed by atoms with van der Waals surface area (Å²) in [6.07, 6.45) is 0. The van der Waals surface area contributed by atoms with E-state index in [9.17, 15) is 19.5 Å². The van der Waals surface area contributed by atoms with Crippen molar-refractivity contribution in [1.82, 2.24) is 9.88 Å². The van der Waals surface area contributed by atoms with Crippen LogP contribution in [0.5, 0.6) is 5.88 Å². The Morgan fingerprint density at radius 1 is 1.13 bits per heavy atom. The van der Waals surface area contributed by atoms with Crippen molar-refractivity contribution < 1.29 is 24.2 Å². The average Bonchev–Trinajstić information content (AvgIpc) is 3.02. The number of carbonyl (C=O) groups excluding carboxylic acids is 3. The molecular formula is C21H19BrN4O5. The lowest BCUT2D eigenvalue weighted by Crippen LogP contribution is -2.28. The van der Waals surface area contributed by atoms with E-state index < -0.39 is 17.8 Å². The largest absolute Gasteiger partial charge is 0.493 e. The number of ether oxygens (including phenoxy) is 1. The molecule has 2 amide bonds. The van der Waals surface area contributed by atoms with Gasteiger partial charge in [0.2, 0.25) is 5.88 Å². The Hall–Kier alpha value is -3.53. The minimum absolute atomic E-state index is 0.0466. The van der Waals surface area contributed by atoms with Crippen molar-refractivity contribution >= 4 is 50.3 Å². The summed E-state index contributed by atoms with van der Waals surface area (Å²) >= 11 is 3.27. The molecule has 0 radical (unpaired) electrons. The van der Waals surface area contributed by atoms with Gasteiger partial charge in [-0.2, -0.15) is 0 Å². The van der Waals surface area contributed by atoms with Crippen molar-refractivity contribution in [2.45, 2.75) is 13.5 Å². The first-order valence-corrected chi connectivity index (χ1v) is 10.1. The fourth-order valence-corrected chi connectivity index (χ4v) is 3.37. The van der Waals surface area contributed by atoms with Gasteiger partial charge in [-0.1, -0.05) is 30.3 Å². The molecule has 0 fully saturated rings. The number of nitrogens with one attached hydrogen (secondary N) is 1. The Balaban J connectivity index is 1.75. The van der Waals surface area contributed by atoms with E-state index in [1.807, 2.05) is 0 Å². The number of benzene rings is 2. The normalized spacial score (nSPS) is 11.0. The maximum Gasteiger partial charge on any atom is 0.326 e. The molecule has 0 spiro atoms. The molecule has 9 nitrogen and oxygen atoms in total. The summed E-state index contributed by atoms with van der Waals surface area (Å²) < 4.78 is 6.87. The molecule has 2 N–H and O–H groups in total. The second kappa shape index (κ2) is 9.98. The van der Waals surface area contributed by atoms with Gasteiger partial charge in [0.25, 0.3) is 11.8 Å². The highest BCUT2D eigenvalue weighted by molar-refractivity contribution is 9.10. The Kier molecular flexibility index (Phi) is 7.14. The molecule has 1 aromatic heterocycles.